The Balaban J connectivity index is 2.58. The van der Waals surface area contributed by atoms with E-state index in [-0.39, 0.29) is 0 Å². The standard InChI is InChI=1S/C12H16F3N/c1-16-9-11(8-12(13,14)15)7-10-5-3-2-4-6-10/h2-6,11,16H,7-9H2,1H3/t11-/m0/s1. The van der Waals surface area contributed by atoms with E-state index < -0.39 is 18.5 Å². The zero-order valence-electron chi connectivity index (χ0n) is 9.22. The van der Waals surface area contributed by atoms with Gasteiger partial charge in [-0.1, -0.05) is 30.3 Å². The summed E-state index contributed by atoms with van der Waals surface area (Å²) in [7, 11) is 1.67. The first-order valence-corrected chi connectivity index (χ1v) is 5.26. The van der Waals surface area contributed by atoms with E-state index in [1.165, 1.54) is 0 Å². The van der Waals surface area contributed by atoms with Crippen LogP contribution in [0.4, 0.5) is 13.2 Å². The number of benzene rings is 1. The van der Waals surface area contributed by atoms with Gasteiger partial charge in [0.25, 0.3) is 0 Å². The van der Waals surface area contributed by atoms with Gasteiger partial charge in [-0.05, 0) is 31.5 Å². The summed E-state index contributed by atoms with van der Waals surface area (Å²) in [5, 5.41) is 2.81. The monoisotopic (exact) mass is 231 g/mol. The van der Waals surface area contributed by atoms with Crippen LogP contribution in [0.2, 0.25) is 0 Å². The normalized spacial score (nSPS) is 13.8. The van der Waals surface area contributed by atoms with Crippen LogP contribution in [-0.2, 0) is 6.42 Å². The van der Waals surface area contributed by atoms with Gasteiger partial charge in [0.15, 0.2) is 0 Å². The van der Waals surface area contributed by atoms with E-state index in [9.17, 15) is 13.2 Å². The lowest BCUT2D eigenvalue weighted by Crippen LogP contribution is -2.26. The van der Waals surface area contributed by atoms with Crippen molar-refractivity contribution in [3.8, 4) is 0 Å². The van der Waals surface area contributed by atoms with E-state index in [2.05, 4.69) is 5.32 Å². The molecule has 0 saturated carbocycles. The molecule has 0 fully saturated rings. The maximum Gasteiger partial charge on any atom is 0.389 e. The van der Waals surface area contributed by atoms with Gasteiger partial charge in [0.05, 0.1) is 0 Å². The second-order valence-electron chi connectivity index (χ2n) is 3.93. The molecule has 4 heteroatoms. The van der Waals surface area contributed by atoms with Crippen LogP contribution in [0.5, 0.6) is 0 Å². The fraction of sp³-hybridized carbons (Fsp3) is 0.500. The third kappa shape index (κ3) is 5.16. The Morgan fingerprint density at radius 2 is 1.81 bits per heavy atom. The molecule has 0 aliphatic carbocycles. The van der Waals surface area contributed by atoms with Crippen LogP contribution in [-0.4, -0.2) is 19.8 Å². The molecule has 0 aliphatic rings. The summed E-state index contributed by atoms with van der Waals surface area (Å²) in [6.45, 7) is 0.383. The van der Waals surface area contributed by atoms with E-state index in [4.69, 9.17) is 0 Å². The molecule has 1 rings (SSSR count). The zero-order valence-corrected chi connectivity index (χ0v) is 9.22. The molecule has 1 aromatic carbocycles. The van der Waals surface area contributed by atoms with E-state index >= 15 is 0 Å². The minimum Gasteiger partial charge on any atom is -0.319 e. The van der Waals surface area contributed by atoms with Crippen molar-refractivity contribution < 1.29 is 13.2 Å². The van der Waals surface area contributed by atoms with Crippen molar-refractivity contribution in [2.45, 2.75) is 19.0 Å². The van der Waals surface area contributed by atoms with Gasteiger partial charge in [0.1, 0.15) is 0 Å². The van der Waals surface area contributed by atoms with Crippen molar-refractivity contribution >= 4 is 0 Å². The first kappa shape index (κ1) is 13.0. The summed E-state index contributed by atoms with van der Waals surface area (Å²) < 4.78 is 36.9. The molecule has 0 radical (unpaired) electrons. The van der Waals surface area contributed by atoms with E-state index in [1.54, 1.807) is 7.05 Å². The van der Waals surface area contributed by atoms with Gasteiger partial charge in [-0.25, -0.2) is 0 Å². The highest BCUT2D eigenvalue weighted by Gasteiger charge is 2.31. The second kappa shape index (κ2) is 5.89. The average molecular weight is 231 g/mol. The van der Waals surface area contributed by atoms with Gasteiger partial charge in [-0.3, -0.25) is 0 Å². The van der Waals surface area contributed by atoms with Crippen LogP contribution >= 0.6 is 0 Å². The molecule has 1 aromatic rings. The number of hydrogen-bond donors (Lipinski definition) is 1. The molecular weight excluding hydrogens is 215 g/mol. The Hall–Kier alpha value is -1.03. The second-order valence-corrected chi connectivity index (χ2v) is 3.93. The van der Waals surface area contributed by atoms with Gasteiger partial charge in [0.2, 0.25) is 0 Å². The third-order valence-corrected chi connectivity index (χ3v) is 2.38. The van der Waals surface area contributed by atoms with E-state index in [0.29, 0.717) is 13.0 Å². The van der Waals surface area contributed by atoms with Gasteiger partial charge in [-0.2, -0.15) is 13.2 Å². The van der Waals surface area contributed by atoms with Crippen LogP contribution < -0.4 is 5.32 Å². The van der Waals surface area contributed by atoms with Crippen molar-refractivity contribution in [2.75, 3.05) is 13.6 Å². The molecule has 16 heavy (non-hydrogen) atoms. The predicted octanol–water partition coefficient (Wildman–Crippen LogP) is 3.02. The van der Waals surface area contributed by atoms with Crippen LogP contribution in [0.3, 0.4) is 0 Å². The molecule has 0 bridgehead atoms. The Kier molecular flexibility index (Phi) is 4.80. The number of nitrogens with one attached hydrogen (secondary N) is 1. The van der Waals surface area contributed by atoms with Crippen LogP contribution in [0.15, 0.2) is 30.3 Å². The predicted molar refractivity (Wildman–Crippen MR) is 58.2 cm³/mol. The SMILES string of the molecule is CNC[C@@H](Cc1ccccc1)CC(F)(F)F. The van der Waals surface area contributed by atoms with Gasteiger partial charge in [0, 0.05) is 6.42 Å². The maximum absolute atomic E-state index is 12.3. The molecule has 1 nitrogen and oxygen atoms in total. The van der Waals surface area contributed by atoms with Crippen molar-refractivity contribution in [2.24, 2.45) is 5.92 Å². The lowest BCUT2D eigenvalue weighted by Gasteiger charge is -2.18. The Labute approximate surface area is 93.7 Å². The molecular formula is C12H16F3N. The van der Waals surface area contributed by atoms with Crippen molar-refractivity contribution in [3.63, 3.8) is 0 Å². The Bertz CT molecular complexity index is 295. The third-order valence-electron chi connectivity index (χ3n) is 2.38. The van der Waals surface area contributed by atoms with Crippen LogP contribution in [0.1, 0.15) is 12.0 Å². The van der Waals surface area contributed by atoms with Crippen molar-refractivity contribution in [1.82, 2.24) is 5.32 Å². The zero-order chi connectivity index (χ0) is 12.0. The molecule has 90 valence electrons. The fourth-order valence-electron chi connectivity index (χ4n) is 1.78. The Morgan fingerprint density at radius 1 is 1.19 bits per heavy atom. The average Bonchev–Trinajstić information content (AvgIpc) is 2.17. The fourth-order valence-corrected chi connectivity index (χ4v) is 1.78. The summed E-state index contributed by atoms with van der Waals surface area (Å²) in [4.78, 5) is 0. The first-order chi connectivity index (χ1) is 7.51. The highest BCUT2D eigenvalue weighted by Crippen LogP contribution is 2.26. The lowest BCUT2D eigenvalue weighted by molar-refractivity contribution is -0.144. The Morgan fingerprint density at radius 3 is 2.31 bits per heavy atom. The molecule has 0 unspecified atom stereocenters. The quantitative estimate of drug-likeness (QED) is 0.821. The number of hydrogen-bond acceptors (Lipinski definition) is 1. The summed E-state index contributed by atoms with van der Waals surface area (Å²) in [6, 6.07) is 9.27. The maximum atomic E-state index is 12.3. The molecule has 0 saturated heterocycles. The molecule has 0 heterocycles. The van der Waals surface area contributed by atoms with Crippen LogP contribution in [0, 0.1) is 5.92 Å². The van der Waals surface area contributed by atoms with Crippen molar-refractivity contribution in [1.29, 1.82) is 0 Å². The number of rotatable bonds is 5. The molecule has 0 aliphatic heterocycles. The molecule has 1 N–H and O–H groups in total. The minimum atomic E-state index is -4.09. The topological polar surface area (TPSA) is 12.0 Å². The van der Waals surface area contributed by atoms with Gasteiger partial charge >= 0.3 is 6.18 Å². The largest absolute Gasteiger partial charge is 0.389 e. The van der Waals surface area contributed by atoms with Crippen LogP contribution in [0.25, 0.3) is 0 Å². The first-order valence-electron chi connectivity index (χ1n) is 5.26. The molecule has 0 spiro atoms. The smallest absolute Gasteiger partial charge is 0.319 e. The molecule has 1 atom stereocenters. The summed E-state index contributed by atoms with van der Waals surface area (Å²) in [5.41, 5.74) is 0.951. The lowest BCUT2D eigenvalue weighted by atomic mass is 9.96. The number of halogens is 3. The molecule has 0 aromatic heterocycles. The van der Waals surface area contributed by atoms with Crippen molar-refractivity contribution in [3.05, 3.63) is 35.9 Å². The highest BCUT2D eigenvalue weighted by atomic mass is 19.4. The number of alkyl halides is 3. The summed E-state index contributed by atoms with van der Waals surface area (Å²) in [6.07, 6.45) is -4.36. The van der Waals surface area contributed by atoms with Gasteiger partial charge < -0.3 is 5.32 Å². The highest BCUT2D eigenvalue weighted by molar-refractivity contribution is 5.15. The summed E-state index contributed by atoms with van der Waals surface area (Å²) in [5.74, 6) is -0.396. The van der Waals surface area contributed by atoms with Gasteiger partial charge in [-0.15, -0.1) is 0 Å². The summed E-state index contributed by atoms with van der Waals surface area (Å²) >= 11 is 0. The van der Waals surface area contributed by atoms with E-state index in [0.717, 1.165) is 5.56 Å². The minimum absolute atomic E-state index is 0.383. The van der Waals surface area contributed by atoms with E-state index in [1.807, 2.05) is 30.3 Å². The molecule has 0 amide bonds.